The van der Waals surface area contributed by atoms with Gasteiger partial charge in [0.15, 0.2) is 0 Å². The molecule has 2 fully saturated rings. The van der Waals surface area contributed by atoms with Gasteiger partial charge in [-0.25, -0.2) is 4.79 Å². The summed E-state index contributed by atoms with van der Waals surface area (Å²) in [4.78, 5) is 25.4. The number of carbonyl (C=O) groups excluding carboxylic acids is 1. The zero-order valence-electron chi connectivity index (χ0n) is 11.9. The number of carboxylic acids is 1. The van der Waals surface area contributed by atoms with Gasteiger partial charge in [0.25, 0.3) is 0 Å². The molecule has 1 amide bonds. The monoisotopic (exact) mass is 289 g/mol. The normalized spacial score (nSPS) is 31.2. The van der Waals surface area contributed by atoms with Gasteiger partial charge in [-0.15, -0.1) is 0 Å². The van der Waals surface area contributed by atoms with E-state index in [1.165, 1.54) is 4.90 Å². The van der Waals surface area contributed by atoms with Crippen LogP contribution in [0.15, 0.2) is 30.3 Å². The molecule has 2 aliphatic rings. The first-order chi connectivity index (χ1) is 10.1. The molecular formula is C16H19NO4. The van der Waals surface area contributed by atoms with Gasteiger partial charge >= 0.3 is 5.97 Å². The Hall–Kier alpha value is -1.88. The molecule has 0 bridgehead atoms. The van der Waals surface area contributed by atoms with Crippen molar-refractivity contribution in [2.24, 2.45) is 5.92 Å². The fourth-order valence-corrected chi connectivity index (χ4v) is 3.20. The standard InChI is InChI=1S/C16H19NO4/c1-21-11-7-14(16(19)20)17(9-11)15(18)13-8-12(13)10-5-3-2-4-6-10/h2-6,11-14H,7-9H2,1H3,(H,19,20). The average Bonchev–Trinajstić information content (AvgIpc) is 3.18. The maximum atomic E-state index is 12.6. The van der Waals surface area contributed by atoms with Crippen molar-refractivity contribution in [3.63, 3.8) is 0 Å². The van der Waals surface area contributed by atoms with Crippen molar-refractivity contribution in [2.45, 2.75) is 30.9 Å². The minimum Gasteiger partial charge on any atom is -0.480 e. The number of likely N-dealkylation sites (tertiary alicyclic amines) is 1. The molecule has 1 heterocycles. The second-order valence-corrected chi connectivity index (χ2v) is 5.80. The molecule has 21 heavy (non-hydrogen) atoms. The van der Waals surface area contributed by atoms with Crippen molar-refractivity contribution in [1.82, 2.24) is 4.90 Å². The van der Waals surface area contributed by atoms with E-state index in [-0.39, 0.29) is 23.8 Å². The highest BCUT2D eigenvalue weighted by molar-refractivity contribution is 5.88. The van der Waals surface area contributed by atoms with Crippen LogP contribution in [0.25, 0.3) is 0 Å². The number of methoxy groups -OCH3 is 1. The van der Waals surface area contributed by atoms with Crippen molar-refractivity contribution < 1.29 is 19.4 Å². The van der Waals surface area contributed by atoms with Gasteiger partial charge < -0.3 is 14.7 Å². The lowest BCUT2D eigenvalue weighted by Crippen LogP contribution is -2.41. The summed E-state index contributed by atoms with van der Waals surface area (Å²) >= 11 is 0. The van der Waals surface area contributed by atoms with Gasteiger partial charge in [-0.05, 0) is 17.9 Å². The SMILES string of the molecule is COC1CC(C(=O)O)N(C(=O)C2CC2c2ccccc2)C1. The lowest BCUT2D eigenvalue weighted by molar-refractivity contribution is -0.148. The van der Waals surface area contributed by atoms with Gasteiger partial charge in [0.1, 0.15) is 6.04 Å². The Morgan fingerprint density at radius 1 is 1.24 bits per heavy atom. The van der Waals surface area contributed by atoms with Crippen LogP contribution in [0.1, 0.15) is 24.3 Å². The quantitative estimate of drug-likeness (QED) is 0.912. The maximum Gasteiger partial charge on any atom is 0.326 e. The number of ether oxygens (including phenoxy) is 1. The Kier molecular flexibility index (Phi) is 3.68. The van der Waals surface area contributed by atoms with Crippen LogP contribution in [-0.2, 0) is 14.3 Å². The third kappa shape index (κ3) is 2.65. The van der Waals surface area contributed by atoms with E-state index in [0.717, 1.165) is 12.0 Å². The highest BCUT2D eigenvalue weighted by Crippen LogP contribution is 2.49. The summed E-state index contributed by atoms with van der Waals surface area (Å²) in [7, 11) is 1.56. The second kappa shape index (κ2) is 5.48. The highest BCUT2D eigenvalue weighted by atomic mass is 16.5. The number of hydrogen-bond donors (Lipinski definition) is 1. The first kappa shape index (κ1) is 14.1. The van der Waals surface area contributed by atoms with Crippen molar-refractivity contribution in [1.29, 1.82) is 0 Å². The molecule has 0 aromatic heterocycles. The zero-order valence-corrected chi connectivity index (χ0v) is 11.9. The van der Waals surface area contributed by atoms with E-state index >= 15 is 0 Å². The molecule has 1 aromatic carbocycles. The van der Waals surface area contributed by atoms with Gasteiger partial charge in [0.2, 0.25) is 5.91 Å². The van der Waals surface area contributed by atoms with E-state index in [4.69, 9.17) is 4.74 Å². The average molecular weight is 289 g/mol. The fourth-order valence-electron chi connectivity index (χ4n) is 3.20. The molecule has 1 aromatic rings. The van der Waals surface area contributed by atoms with Gasteiger partial charge in [-0.3, -0.25) is 4.79 Å². The maximum absolute atomic E-state index is 12.6. The van der Waals surface area contributed by atoms with Gasteiger partial charge in [0.05, 0.1) is 6.10 Å². The Morgan fingerprint density at radius 3 is 2.57 bits per heavy atom. The molecule has 5 nitrogen and oxygen atoms in total. The van der Waals surface area contributed by atoms with Crippen LogP contribution in [0.2, 0.25) is 0 Å². The number of amides is 1. The van der Waals surface area contributed by atoms with Crippen LogP contribution in [-0.4, -0.2) is 47.7 Å². The van der Waals surface area contributed by atoms with E-state index in [9.17, 15) is 14.7 Å². The summed E-state index contributed by atoms with van der Waals surface area (Å²) in [5.41, 5.74) is 1.16. The molecule has 0 radical (unpaired) electrons. The van der Waals surface area contributed by atoms with E-state index in [1.807, 2.05) is 30.3 Å². The number of hydrogen-bond acceptors (Lipinski definition) is 3. The fraction of sp³-hybridized carbons (Fsp3) is 0.500. The number of rotatable bonds is 4. The summed E-state index contributed by atoms with van der Waals surface area (Å²) in [6, 6.07) is 9.17. The number of aliphatic carboxylic acids is 1. The minimum atomic E-state index is -0.945. The number of nitrogens with zero attached hydrogens (tertiary/aromatic N) is 1. The number of carboxylic acid groups (broad SMARTS) is 1. The predicted octanol–water partition coefficient (Wildman–Crippen LogP) is 1.49. The topological polar surface area (TPSA) is 66.8 Å². The van der Waals surface area contributed by atoms with Crippen molar-refractivity contribution in [2.75, 3.05) is 13.7 Å². The van der Waals surface area contributed by atoms with E-state index in [1.54, 1.807) is 7.11 Å². The molecule has 4 atom stereocenters. The first-order valence-corrected chi connectivity index (χ1v) is 7.23. The van der Waals surface area contributed by atoms with Gasteiger partial charge in [-0.1, -0.05) is 30.3 Å². The molecule has 1 aliphatic heterocycles. The number of benzene rings is 1. The van der Waals surface area contributed by atoms with Crippen LogP contribution in [0.4, 0.5) is 0 Å². The highest BCUT2D eigenvalue weighted by Gasteiger charge is 2.50. The van der Waals surface area contributed by atoms with Crippen LogP contribution in [0, 0.1) is 5.92 Å². The molecule has 1 N–H and O–H groups in total. The Balaban J connectivity index is 1.70. The molecular weight excluding hydrogens is 270 g/mol. The smallest absolute Gasteiger partial charge is 0.326 e. The lowest BCUT2D eigenvalue weighted by Gasteiger charge is -2.21. The molecule has 1 saturated carbocycles. The molecule has 0 spiro atoms. The molecule has 112 valence electrons. The zero-order chi connectivity index (χ0) is 15.0. The molecule has 1 saturated heterocycles. The van der Waals surface area contributed by atoms with Crippen LogP contribution in [0.5, 0.6) is 0 Å². The minimum absolute atomic E-state index is 0.0456. The van der Waals surface area contributed by atoms with Crippen LogP contribution < -0.4 is 0 Å². The van der Waals surface area contributed by atoms with E-state index in [0.29, 0.717) is 13.0 Å². The first-order valence-electron chi connectivity index (χ1n) is 7.23. The summed E-state index contributed by atoms with van der Waals surface area (Å²) in [6.07, 6.45) is 1.01. The third-order valence-electron chi connectivity index (χ3n) is 4.50. The van der Waals surface area contributed by atoms with E-state index in [2.05, 4.69) is 0 Å². The Labute approximate surface area is 123 Å². The largest absolute Gasteiger partial charge is 0.480 e. The van der Waals surface area contributed by atoms with E-state index < -0.39 is 12.0 Å². The second-order valence-electron chi connectivity index (χ2n) is 5.80. The molecule has 5 heteroatoms. The Bertz CT molecular complexity index is 544. The molecule has 1 aliphatic carbocycles. The van der Waals surface area contributed by atoms with Crippen LogP contribution >= 0.6 is 0 Å². The summed E-state index contributed by atoms with van der Waals surface area (Å²) < 4.78 is 5.23. The number of carbonyl (C=O) groups is 2. The lowest BCUT2D eigenvalue weighted by atomic mass is 10.1. The Morgan fingerprint density at radius 2 is 1.95 bits per heavy atom. The molecule has 3 rings (SSSR count). The van der Waals surface area contributed by atoms with Crippen molar-refractivity contribution in [3.05, 3.63) is 35.9 Å². The van der Waals surface area contributed by atoms with Gasteiger partial charge in [-0.2, -0.15) is 0 Å². The van der Waals surface area contributed by atoms with Crippen LogP contribution in [0.3, 0.4) is 0 Å². The summed E-state index contributed by atoms with van der Waals surface area (Å²) in [6.45, 7) is 0.379. The summed E-state index contributed by atoms with van der Waals surface area (Å²) in [5.74, 6) is -0.838. The predicted molar refractivity (Wildman–Crippen MR) is 75.8 cm³/mol. The van der Waals surface area contributed by atoms with Crippen molar-refractivity contribution in [3.8, 4) is 0 Å². The molecule has 4 unspecified atom stereocenters. The van der Waals surface area contributed by atoms with Gasteiger partial charge in [0, 0.05) is 26.0 Å². The third-order valence-corrected chi connectivity index (χ3v) is 4.50. The van der Waals surface area contributed by atoms with Crippen molar-refractivity contribution >= 4 is 11.9 Å². The summed E-state index contributed by atoms with van der Waals surface area (Å²) in [5, 5.41) is 9.28.